The van der Waals surface area contributed by atoms with E-state index in [9.17, 15) is 4.79 Å². The van der Waals surface area contributed by atoms with E-state index in [1.807, 2.05) is 0 Å². The monoisotopic (exact) mass is 187 g/mol. The van der Waals surface area contributed by atoms with E-state index in [4.69, 9.17) is 9.47 Å². The maximum atomic E-state index is 11.0. The fraction of sp³-hybridized carbons (Fsp3) is 0.667. The molecular weight excluding hydrogens is 170 g/mol. The van der Waals surface area contributed by atoms with Gasteiger partial charge in [0, 0.05) is 13.7 Å². The lowest BCUT2D eigenvalue weighted by molar-refractivity contribution is -0.149. The van der Waals surface area contributed by atoms with Crippen molar-refractivity contribution in [1.82, 2.24) is 5.32 Å². The summed E-state index contributed by atoms with van der Waals surface area (Å²) in [7, 11) is 1.57. The molecule has 0 aliphatic rings. The summed E-state index contributed by atoms with van der Waals surface area (Å²) in [6.45, 7) is 6.54. The molecule has 0 saturated carbocycles. The predicted octanol–water partition coefficient (Wildman–Crippen LogP) is 0.340. The molecule has 13 heavy (non-hydrogen) atoms. The summed E-state index contributed by atoms with van der Waals surface area (Å²) in [6, 6.07) is 0. The van der Waals surface area contributed by atoms with Gasteiger partial charge in [-0.2, -0.15) is 0 Å². The average Bonchev–Trinajstić information content (AvgIpc) is 2.05. The lowest BCUT2D eigenvalue weighted by atomic mass is 10.4. The van der Waals surface area contributed by atoms with Crippen molar-refractivity contribution >= 4 is 5.97 Å². The highest BCUT2D eigenvalue weighted by molar-refractivity contribution is 5.71. The molecule has 0 fully saturated rings. The molecule has 0 spiro atoms. The largest absolute Gasteiger partial charge is 0.459 e. The Bertz CT molecular complexity index is 159. The lowest BCUT2D eigenvalue weighted by Gasteiger charge is -2.11. The molecule has 4 nitrogen and oxygen atoms in total. The summed E-state index contributed by atoms with van der Waals surface area (Å²) >= 11 is 0. The molecule has 76 valence electrons. The Morgan fingerprint density at radius 3 is 2.92 bits per heavy atom. The third-order valence-corrected chi connectivity index (χ3v) is 1.29. The molecule has 1 unspecified atom stereocenters. The van der Waals surface area contributed by atoms with Gasteiger partial charge in [0.2, 0.25) is 0 Å². The van der Waals surface area contributed by atoms with Gasteiger partial charge in [-0.1, -0.05) is 6.08 Å². The van der Waals surface area contributed by atoms with E-state index in [2.05, 4.69) is 11.9 Å². The van der Waals surface area contributed by atoms with Crippen molar-refractivity contribution in [3.63, 3.8) is 0 Å². The van der Waals surface area contributed by atoms with Crippen molar-refractivity contribution in [2.45, 2.75) is 13.0 Å². The first-order chi connectivity index (χ1) is 6.20. The Morgan fingerprint density at radius 2 is 2.38 bits per heavy atom. The van der Waals surface area contributed by atoms with Crippen molar-refractivity contribution in [3.8, 4) is 0 Å². The molecule has 0 aromatic carbocycles. The zero-order chi connectivity index (χ0) is 10.1. The molecule has 0 radical (unpaired) electrons. The SMILES string of the molecule is C=CCNCC(=O)OC(C)COC. The number of nitrogens with one attached hydrogen (secondary N) is 1. The van der Waals surface area contributed by atoms with Gasteiger partial charge >= 0.3 is 5.97 Å². The molecule has 0 aromatic heterocycles. The maximum Gasteiger partial charge on any atom is 0.320 e. The van der Waals surface area contributed by atoms with Crippen LogP contribution < -0.4 is 5.32 Å². The molecule has 4 heteroatoms. The van der Waals surface area contributed by atoms with Crippen LogP contribution in [0.4, 0.5) is 0 Å². The van der Waals surface area contributed by atoms with Gasteiger partial charge in [-0.05, 0) is 6.92 Å². The van der Waals surface area contributed by atoms with Crippen LogP contribution in [-0.2, 0) is 14.3 Å². The second kappa shape index (κ2) is 7.76. The molecular formula is C9H17NO3. The maximum absolute atomic E-state index is 11.0. The second-order valence-electron chi connectivity index (χ2n) is 2.68. The van der Waals surface area contributed by atoms with Gasteiger partial charge in [-0.15, -0.1) is 6.58 Å². The van der Waals surface area contributed by atoms with E-state index in [1.165, 1.54) is 0 Å². The third kappa shape index (κ3) is 7.49. The Kier molecular flexibility index (Phi) is 7.24. The summed E-state index contributed by atoms with van der Waals surface area (Å²) < 4.78 is 9.79. The second-order valence-corrected chi connectivity index (χ2v) is 2.68. The van der Waals surface area contributed by atoms with E-state index in [-0.39, 0.29) is 18.6 Å². The molecule has 0 bridgehead atoms. The molecule has 0 saturated heterocycles. The van der Waals surface area contributed by atoms with Crippen molar-refractivity contribution in [2.24, 2.45) is 0 Å². The number of carbonyl (C=O) groups excluding carboxylic acids is 1. The number of rotatable bonds is 7. The molecule has 1 N–H and O–H groups in total. The highest BCUT2D eigenvalue weighted by Gasteiger charge is 2.07. The van der Waals surface area contributed by atoms with E-state index >= 15 is 0 Å². The summed E-state index contributed by atoms with van der Waals surface area (Å²) in [5, 5.41) is 2.85. The Balaban J connectivity index is 3.43. The van der Waals surface area contributed by atoms with Gasteiger partial charge in [-0.3, -0.25) is 4.79 Å². The number of ether oxygens (including phenoxy) is 2. The van der Waals surface area contributed by atoms with Gasteiger partial charge in [-0.25, -0.2) is 0 Å². The standard InChI is InChI=1S/C9H17NO3/c1-4-5-10-6-9(11)13-8(2)7-12-3/h4,8,10H,1,5-7H2,2-3H3. The fourth-order valence-corrected chi connectivity index (χ4v) is 0.811. The van der Waals surface area contributed by atoms with Crippen molar-refractivity contribution < 1.29 is 14.3 Å². The van der Waals surface area contributed by atoms with Crippen LogP contribution in [0.25, 0.3) is 0 Å². The van der Waals surface area contributed by atoms with Gasteiger partial charge < -0.3 is 14.8 Å². The van der Waals surface area contributed by atoms with Crippen molar-refractivity contribution in [1.29, 1.82) is 0 Å². The predicted molar refractivity (Wildman–Crippen MR) is 50.5 cm³/mol. The van der Waals surface area contributed by atoms with Gasteiger partial charge in [0.15, 0.2) is 0 Å². The van der Waals surface area contributed by atoms with Crippen LogP contribution in [0.3, 0.4) is 0 Å². The topological polar surface area (TPSA) is 47.6 Å². The minimum absolute atomic E-state index is 0.192. The normalized spacial score (nSPS) is 12.2. The minimum atomic E-state index is -0.272. The Hall–Kier alpha value is -0.870. The summed E-state index contributed by atoms with van der Waals surface area (Å²) in [6.07, 6.45) is 1.49. The quantitative estimate of drug-likeness (QED) is 0.355. The van der Waals surface area contributed by atoms with E-state index < -0.39 is 0 Å². The molecule has 0 aromatic rings. The van der Waals surface area contributed by atoms with E-state index in [1.54, 1.807) is 20.1 Å². The lowest BCUT2D eigenvalue weighted by Crippen LogP contribution is -2.28. The smallest absolute Gasteiger partial charge is 0.320 e. The number of hydrogen-bond donors (Lipinski definition) is 1. The average molecular weight is 187 g/mol. The third-order valence-electron chi connectivity index (χ3n) is 1.29. The first kappa shape index (κ1) is 12.1. The number of carbonyl (C=O) groups is 1. The number of hydrogen-bond acceptors (Lipinski definition) is 4. The zero-order valence-electron chi connectivity index (χ0n) is 8.21. The van der Waals surface area contributed by atoms with Gasteiger partial charge in [0.05, 0.1) is 13.2 Å². The van der Waals surface area contributed by atoms with Gasteiger partial charge in [0.25, 0.3) is 0 Å². The Morgan fingerprint density at radius 1 is 1.69 bits per heavy atom. The number of methoxy groups -OCH3 is 1. The molecule has 0 amide bonds. The molecule has 1 atom stereocenters. The van der Waals surface area contributed by atoms with E-state index in [0.29, 0.717) is 13.2 Å². The fourth-order valence-electron chi connectivity index (χ4n) is 0.811. The van der Waals surface area contributed by atoms with Crippen LogP contribution in [-0.4, -0.2) is 38.9 Å². The Labute approximate surface area is 78.9 Å². The summed E-state index contributed by atoms with van der Waals surface area (Å²) in [4.78, 5) is 11.0. The van der Waals surface area contributed by atoms with Crippen LogP contribution in [0, 0.1) is 0 Å². The van der Waals surface area contributed by atoms with Crippen molar-refractivity contribution in [2.75, 3.05) is 26.8 Å². The highest BCUT2D eigenvalue weighted by Crippen LogP contribution is 1.90. The highest BCUT2D eigenvalue weighted by atomic mass is 16.6. The van der Waals surface area contributed by atoms with Crippen LogP contribution >= 0.6 is 0 Å². The van der Waals surface area contributed by atoms with E-state index in [0.717, 1.165) is 0 Å². The first-order valence-electron chi connectivity index (χ1n) is 4.20. The minimum Gasteiger partial charge on any atom is -0.459 e. The zero-order valence-corrected chi connectivity index (χ0v) is 8.21. The first-order valence-corrected chi connectivity index (χ1v) is 4.20. The summed E-state index contributed by atoms with van der Waals surface area (Å²) in [5.41, 5.74) is 0. The number of esters is 1. The van der Waals surface area contributed by atoms with Gasteiger partial charge in [0.1, 0.15) is 6.10 Å². The van der Waals surface area contributed by atoms with Crippen LogP contribution in [0.2, 0.25) is 0 Å². The molecule has 0 heterocycles. The molecule has 0 rings (SSSR count). The summed E-state index contributed by atoms with van der Waals surface area (Å²) in [5.74, 6) is -0.272. The molecule has 0 aliphatic carbocycles. The van der Waals surface area contributed by atoms with Crippen LogP contribution in [0.1, 0.15) is 6.92 Å². The van der Waals surface area contributed by atoms with Crippen LogP contribution in [0.5, 0.6) is 0 Å². The van der Waals surface area contributed by atoms with Crippen LogP contribution in [0.15, 0.2) is 12.7 Å². The van der Waals surface area contributed by atoms with Crippen molar-refractivity contribution in [3.05, 3.63) is 12.7 Å². The molecule has 0 aliphatic heterocycles.